The average Bonchev–Trinajstić information content (AvgIpc) is 2.67. The van der Waals surface area contributed by atoms with E-state index in [2.05, 4.69) is 15.0 Å². The number of hydrogen-bond donors (Lipinski definition) is 2. The Hall–Kier alpha value is -3.03. The van der Waals surface area contributed by atoms with Crippen molar-refractivity contribution in [1.82, 2.24) is 9.71 Å². The van der Waals surface area contributed by atoms with Crippen LogP contribution in [0.3, 0.4) is 0 Å². The molecule has 3 rings (SSSR count). The topological polar surface area (TPSA) is 88.2 Å². The molecule has 1 aromatic heterocycles. The van der Waals surface area contributed by atoms with E-state index in [4.69, 9.17) is 0 Å². The Kier molecular flexibility index (Phi) is 5.63. The van der Waals surface area contributed by atoms with E-state index < -0.39 is 15.9 Å². The maximum absolute atomic E-state index is 12.5. The number of sulfonamides is 1. The van der Waals surface area contributed by atoms with E-state index in [1.54, 1.807) is 18.3 Å². The molecule has 0 aliphatic heterocycles. The van der Waals surface area contributed by atoms with Crippen molar-refractivity contribution >= 4 is 21.7 Å². The molecule has 3 aromatic rings. The quantitative estimate of drug-likeness (QED) is 0.687. The van der Waals surface area contributed by atoms with Gasteiger partial charge in [-0.3, -0.25) is 4.79 Å². The van der Waals surface area contributed by atoms with Gasteiger partial charge in [0.15, 0.2) is 0 Å². The van der Waals surface area contributed by atoms with E-state index in [1.165, 1.54) is 18.2 Å². The first kappa shape index (κ1) is 18.8. The van der Waals surface area contributed by atoms with Gasteiger partial charge in [-0.15, -0.1) is 0 Å². The number of benzene rings is 2. The normalized spacial score (nSPS) is 11.1. The summed E-state index contributed by atoms with van der Waals surface area (Å²) in [5, 5.41) is 2.67. The molecule has 0 saturated carbocycles. The van der Waals surface area contributed by atoms with E-state index in [0.29, 0.717) is 5.82 Å². The first-order valence-corrected chi connectivity index (χ1v) is 9.80. The van der Waals surface area contributed by atoms with Crippen LogP contribution in [0.4, 0.5) is 5.82 Å². The van der Waals surface area contributed by atoms with Gasteiger partial charge in [0.1, 0.15) is 5.82 Å². The Bertz CT molecular complexity index is 1050. The fourth-order valence-corrected chi connectivity index (χ4v) is 3.52. The van der Waals surface area contributed by atoms with Gasteiger partial charge in [0.2, 0.25) is 10.0 Å². The number of carbonyl (C=O) groups is 1. The van der Waals surface area contributed by atoms with Crippen LogP contribution in [0.2, 0.25) is 0 Å². The number of hydrogen-bond acceptors (Lipinski definition) is 4. The lowest BCUT2D eigenvalue weighted by atomic mass is 10.2. The third kappa shape index (κ3) is 4.99. The SMILES string of the molecule is Cc1ccnc(NC(=O)c2cccc(S(=O)(=O)NCc3ccccc3)c2)c1. The lowest BCUT2D eigenvalue weighted by molar-refractivity contribution is 0.102. The van der Waals surface area contributed by atoms with E-state index in [9.17, 15) is 13.2 Å². The summed E-state index contributed by atoms with van der Waals surface area (Å²) in [5.74, 6) is -0.0105. The summed E-state index contributed by atoms with van der Waals surface area (Å²) < 4.78 is 27.6. The molecule has 7 heteroatoms. The van der Waals surface area contributed by atoms with Crippen LogP contribution in [0.1, 0.15) is 21.5 Å². The molecule has 1 heterocycles. The Morgan fingerprint density at radius 2 is 1.78 bits per heavy atom. The smallest absolute Gasteiger partial charge is 0.256 e. The standard InChI is InChI=1S/C20H19N3O3S/c1-15-10-11-21-19(12-15)23-20(24)17-8-5-9-18(13-17)27(25,26)22-14-16-6-3-2-4-7-16/h2-13,22H,14H2,1H3,(H,21,23,24). The molecule has 0 atom stereocenters. The molecule has 138 valence electrons. The number of nitrogens with one attached hydrogen (secondary N) is 2. The predicted octanol–water partition coefficient (Wildman–Crippen LogP) is 3.12. The van der Waals surface area contributed by atoms with E-state index >= 15 is 0 Å². The molecule has 0 unspecified atom stereocenters. The van der Waals surface area contributed by atoms with Gasteiger partial charge in [-0.25, -0.2) is 18.1 Å². The molecule has 0 spiro atoms. The van der Waals surface area contributed by atoms with Crippen LogP contribution in [0, 0.1) is 6.92 Å². The summed E-state index contributed by atoms with van der Waals surface area (Å²) in [4.78, 5) is 16.5. The maximum Gasteiger partial charge on any atom is 0.256 e. The van der Waals surface area contributed by atoms with Crippen LogP contribution in [0.15, 0.2) is 77.8 Å². The molecule has 2 N–H and O–H groups in total. The fourth-order valence-electron chi connectivity index (χ4n) is 2.46. The summed E-state index contributed by atoms with van der Waals surface area (Å²) in [6, 6.07) is 18.7. The molecule has 0 radical (unpaired) electrons. The monoisotopic (exact) mass is 381 g/mol. The van der Waals surface area contributed by atoms with Crippen molar-refractivity contribution in [3.8, 4) is 0 Å². The third-order valence-electron chi connectivity index (χ3n) is 3.87. The van der Waals surface area contributed by atoms with Gasteiger partial charge in [-0.2, -0.15) is 0 Å². The highest BCUT2D eigenvalue weighted by Crippen LogP contribution is 2.14. The van der Waals surface area contributed by atoms with Gasteiger partial charge in [0, 0.05) is 18.3 Å². The second kappa shape index (κ2) is 8.11. The molecule has 1 amide bonds. The third-order valence-corrected chi connectivity index (χ3v) is 5.27. The molecule has 0 aliphatic carbocycles. The first-order valence-electron chi connectivity index (χ1n) is 8.32. The first-order chi connectivity index (χ1) is 12.9. The summed E-state index contributed by atoms with van der Waals surface area (Å²) in [7, 11) is -3.74. The van der Waals surface area contributed by atoms with E-state index in [1.807, 2.05) is 43.3 Å². The Balaban J connectivity index is 1.74. The number of nitrogens with zero attached hydrogens (tertiary/aromatic N) is 1. The molecule has 0 saturated heterocycles. The van der Waals surface area contributed by atoms with Crippen LogP contribution in [0.5, 0.6) is 0 Å². The number of pyridine rings is 1. The van der Waals surface area contributed by atoms with Gasteiger partial charge in [-0.05, 0) is 48.4 Å². The van der Waals surface area contributed by atoms with Crippen LogP contribution < -0.4 is 10.0 Å². The lowest BCUT2D eigenvalue weighted by Gasteiger charge is -2.09. The van der Waals surface area contributed by atoms with Crippen molar-refractivity contribution in [2.45, 2.75) is 18.4 Å². The molecule has 0 aliphatic rings. The van der Waals surface area contributed by atoms with Crippen molar-refractivity contribution in [2.24, 2.45) is 0 Å². The molecule has 0 fully saturated rings. The Morgan fingerprint density at radius 3 is 2.52 bits per heavy atom. The van der Waals surface area contributed by atoms with Crippen LogP contribution in [-0.4, -0.2) is 19.3 Å². The zero-order chi connectivity index (χ0) is 19.3. The van der Waals surface area contributed by atoms with Crippen molar-refractivity contribution < 1.29 is 13.2 Å². The number of aryl methyl sites for hydroxylation is 1. The largest absolute Gasteiger partial charge is 0.307 e. The zero-order valence-electron chi connectivity index (χ0n) is 14.7. The van der Waals surface area contributed by atoms with Crippen molar-refractivity contribution in [1.29, 1.82) is 0 Å². The summed E-state index contributed by atoms with van der Waals surface area (Å²) in [5.41, 5.74) is 2.04. The second-order valence-electron chi connectivity index (χ2n) is 6.01. The Labute approximate surface area is 158 Å². The van der Waals surface area contributed by atoms with Crippen LogP contribution in [0.25, 0.3) is 0 Å². The molecule has 0 bridgehead atoms. The van der Waals surface area contributed by atoms with Gasteiger partial charge in [0.25, 0.3) is 5.91 Å². The predicted molar refractivity (Wildman–Crippen MR) is 104 cm³/mol. The van der Waals surface area contributed by atoms with E-state index in [-0.39, 0.29) is 17.0 Å². The minimum atomic E-state index is -3.74. The number of amides is 1. The Morgan fingerprint density at radius 1 is 1.00 bits per heavy atom. The summed E-state index contributed by atoms with van der Waals surface area (Å²) >= 11 is 0. The highest BCUT2D eigenvalue weighted by Gasteiger charge is 2.16. The molecule has 2 aromatic carbocycles. The highest BCUT2D eigenvalue weighted by atomic mass is 32.2. The highest BCUT2D eigenvalue weighted by molar-refractivity contribution is 7.89. The minimum absolute atomic E-state index is 0.0308. The number of carbonyl (C=O) groups excluding carboxylic acids is 1. The number of aromatic nitrogens is 1. The number of anilines is 1. The molecule has 6 nitrogen and oxygen atoms in total. The molecular weight excluding hydrogens is 362 g/mol. The van der Waals surface area contributed by atoms with Gasteiger partial charge in [0.05, 0.1) is 4.90 Å². The van der Waals surface area contributed by atoms with Crippen LogP contribution >= 0.6 is 0 Å². The van der Waals surface area contributed by atoms with Gasteiger partial charge in [-0.1, -0.05) is 36.4 Å². The summed E-state index contributed by atoms with van der Waals surface area (Å²) in [6.07, 6.45) is 1.60. The second-order valence-corrected chi connectivity index (χ2v) is 7.78. The minimum Gasteiger partial charge on any atom is -0.307 e. The van der Waals surface area contributed by atoms with Crippen molar-refractivity contribution in [3.05, 3.63) is 89.6 Å². The number of rotatable bonds is 6. The van der Waals surface area contributed by atoms with Crippen LogP contribution in [-0.2, 0) is 16.6 Å². The average molecular weight is 381 g/mol. The van der Waals surface area contributed by atoms with Crippen molar-refractivity contribution in [2.75, 3.05) is 5.32 Å². The molecule has 27 heavy (non-hydrogen) atoms. The van der Waals surface area contributed by atoms with E-state index in [0.717, 1.165) is 11.1 Å². The van der Waals surface area contributed by atoms with Crippen molar-refractivity contribution in [3.63, 3.8) is 0 Å². The lowest BCUT2D eigenvalue weighted by Crippen LogP contribution is -2.23. The molecular formula is C20H19N3O3S. The maximum atomic E-state index is 12.5. The summed E-state index contributed by atoms with van der Waals surface area (Å²) in [6.45, 7) is 2.07. The van der Waals surface area contributed by atoms with Gasteiger partial charge < -0.3 is 5.32 Å². The van der Waals surface area contributed by atoms with Gasteiger partial charge >= 0.3 is 0 Å². The zero-order valence-corrected chi connectivity index (χ0v) is 15.5. The fraction of sp³-hybridized carbons (Fsp3) is 0.100.